The molecule has 160 valence electrons. The maximum Gasteiger partial charge on any atom is 0.411 e. The zero-order valence-electron chi connectivity index (χ0n) is 17.4. The fourth-order valence-corrected chi connectivity index (χ4v) is 3.33. The third-order valence-electron chi connectivity index (χ3n) is 4.83. The maximum absolute atomic E-state index is 11.6. The van der Waals surface area contributed by atoms with Crippen LogP contribution in [0.1, 0.15) is 23.6 Å². The fourth-order valence-electron chi connectivity index (χ4n) is 3.33. The van der Waals surface area contributed by atoms with Crippen molar-refractivity contribution in [1.82, 2.24) is 0 Å². The number of ether oxygens (including phenoxy) is 4. The molecule has 0 aromatic heterocycles. The zero-order valence-corrected chi connectivity index (χ0v) is 17.4. The van der Waals surface area contributed by atoms with E-state index in [2.05, 4.69) is 5.32 Å². The van der Waals surface area contributed by atoms with Crippen LogP contribution < -0.4 is 19.5 Å². The number of hydrogen-bond donors (Lipinski definition) is 1. The number of fused-ring (bicyclic) bond motifs is 1. The van der Waals surface area contributed by atoms with Crippen molar-refractivity contribution in [3.63, 3.8) is 0 Å². The van der Waals surface area contributed by atoms with Gasteiger partial charge in [-0.25, -0.2) is 4.79 Å². The molecule has 1 N–H and O–H groups in total. The number of amides is 1. The first-order valence-electron chi connectivity index (χ1n) is 10.3. The standard InChI is InChI=1S/C25H25NO5/c1-2-28-25(27)26-21-10-8-18(9-11-21)14-20-15-23-24(30-13-12-29-23)16-22(20)31-17-19-6-4-3-5-7-19/h3-11,15-16H,2,12-14,17H2,1H3,(H,26,27). The van der Waals surface area contributed by atoms with Gasteiger partial charge >= 0.3 is 6.09 Å². The summed E-state index contributed by atoms with van der Waals surface area (Å²) in [6.45, 7) is 3.63. The minimum absolute atomic E-state index is 0.333. The maximum atomic E-state index is 11.6. The second kappa shape index (κ2) is 9.89. The lowest BCUT2D eigenvalue weighted by Gasteiger charge is -2.21. The molecule has 1 amide bonds. The molecular formula is C25H25NO5. The first-order chi connectivity index (χ1) is 15.2. The van der Waals surface area contributed by atoms with Crippen LogP contribution in [0.3, 0.4) is 0 Å². The van der Waals surface area contributed by atoms with Gasteiger partial charge in [0.1, 0.15) is 25.6 Å². The quantitative estimate of drug-likeness (QED) is 0.570. The van der Waals surface area contributed by atoms with Gasteiger partial charge in [0, 0.05) is 23.7 Å². The van der Waals surface area contributed by atoms with Gasteiger partial charge < -0.3 is 18.9 Å². The molecule has 0 bridgehead atoms. The average molecular weight is 419 g/mol. The first kappa shape index (κ1) is 20.6. The van der Waals surface area contributed by atoms with Gasteiger partial charge in [0.05, 0.1) is 6.61 Å². The summed E-state index contributed by atoms with van der Waals surface area (Å²) >= 11 is 0. The van der Waals surface area contributed by atoms with Gasteiger partial charge in [0.25, 0.3) is 0 Å². The molecule has 0 unspecified atom stereocenters. The Bertz CT molecular complexity index is 1020. The van der Waals surface area contributed by atoms with Crippen molar-refractivity contribution in [2.24, 2.45) is 0 Å². The Kier molecular flexibility index (Phi) is 6.57. The molecule has 0 saturated heterocycles. The minimum atomic E-state index is -0.460. The van der Waals surface area contributed by atoms with E-state index in [4.69, 9.17) is 18.9 Å². The molecule has 3 aromatic carbocycles. The highest BCUT2D eigenvalue weighted by Gasteiger charge is 2.17. The Balaban J connectivity index is 1.52. The van der Waals surface area contributed by atoms with Gasteiger partial charge in [0.2, 0.25) is 0 Å². The molecule has 4 rings (SSSR count). The van der Waals surface area contributed by atoms with E-state index in [1.807, 2.05) is 66.7 Å². The van der Waals surface area contributed by atoms with E-state index in [0.717, 1.165) is 28.2 Å². The van der Waals surface area contributed by atoms with Crippen LogP contribution in [-0.4, -0.2) is 25.9 Å². The summed E-state index contributed by atoms with van der Waals surface area (Å²) < 4.78 is 22.6. The highest BCUT2D eigenvalue weighted by atomic mass is 16.6. The molecule has 0 radical (unpaired) electrons. The number of benzene rings is 3. The molecule has 1 aliphatic rings. The van der Waals surface area contributed by atoms with Crippen molar-refractivity contribution in [3.05, 3.63) is 83.4 Å². The molecule has 0 spiro atoms. The van der Waals surface area contributed by atoms with Gasteiger partial charge in [-0.3, -0.25) is 5.32 Å². The normalized spacial score (nSPS) is 12.2. The predicted octanol–water partition coefficient (Wildman–Crippen LogP) is 5.20. The minimum Gasteiger partial charge on any atom is -0.488 e. The highest BCUT2D eigenvalue weighted by Crippen LogP contribution is 2.38. The van der Waals surface area contributed by atoms with E-state index in [1.165, 1.54) is 0 Å². The van der Waals surface area contributed by atoms with Crippen LogP contribution in [0, 0.1) is 0 Å². The summed E-state index contributed by atoms with van der Waals surface area (Å²) in [6.07, 6.45) is 0.194. The lowest BCUT2D eigenvalue weighted by Crippen LogP contribution is -2.16. The van der Waals surface area contributed by atoms with Crippen molar-refractivity contribution in [2.45, 2.75) is 20.0 Å². The van der Waals surface area contributed by atoms with Gasteiger partial charge in [0.15, 0.2) is 11.5 Å². The lowest BCUT2D eigenvalue weighted by molar-refractivity contribution is 0.168. The van der Waals surface area contributed by atoms with Crippen molar-refractivity contribution in [3.8, 4) is 17.2 Å². The summed E-state index contributed by atoms with van der Waals surface area (Å²) in [6, 6.07) is 21.6. The Hall–Kier alpha value is -3.67. The van der Waals surface area contributed by atoms with Crippen LogP contribution in [-0.2, 0) is 17.8 Å². The van der Waals surface area contributed by atoms with Crippen LogP contribution in [0.5, 0.6) is 17.2 Å². The Morgan fingerprint density at radius 2 is 1.65 bits per heavy atom. The molecular weight excluding hydrogens is 394 g/mol. The fraction of sp³-hybridized carbons (Fsp3) is 0.240. The topological polar surface area (TPSA) is 66.0 Å². The smallest absolute Gasteiger partial charge is 0.411 e. The van der Waals surface area contributed by atoms with Crippen LogP contribution >= 0.6 is 0 Å². The average Bonchev–Trinajstić information content (AvgIpc) is 2.80. The van der Waals surface area contributed by atoms with Crippen molar-refractivity contribution in [2.75, 3.05) is 25.1 Å². The molecule has 1 aliphatic heterocycles. The highest BCUT2D eigenvalue weighted by molar-refractivity contribution is 5.84. The zero-order chi connectivity index (χ0) is 21.5. The Labute approximate surface area is 181 Å². The third-order valence-corrected chi connectivity index (χ3v) is 4.83. The summed E-state index contributed by atoms with van der Waals surface area (Å²) in [5.74, 6) is 2.20. The number of anilines is 1. The van der Waals surface area contributed by atoms with E-state index in [-0.39, 0.29) is 0 Å². The number of carbonyl (C=O) groups excluding carboxylic acids is 1. The molecule has 6 heteroatoms. The molecule has 1 heterocycles. The molecule has 6 nitrogen and oxygen atoms in total. The SMILES string of the molecule is CCOC(=O)Nc1ccc(Cc2cc3c(cc2OCc2ccccc2)OCCO3)cc1. The second-order valence-corrected chi connectivity index (χ2v) is 7.10. The second-order valence-electron chi connectivity index (χ2n) is 7.10. The van der Waals surface area contributed by atoms with Crippen molar-refractivity contribution in [1.29, 1.82) is 0 Å². The Morgan fingerprint density at radius 1 is 0.935 bits per heavy atom. The van der Waals surface area contributed by atoms with Gasteiger partial charge in [-0.15, -0.1) is 0 Å². The monoisotopic (exact) mass is 419 g/mol. The Morgan fingerprint density at radius 3 is 2.35 bits per heavy atom. The molecule has 31 heavy (non-hydrogen) atoms. The van der Waals surface area contributed by atoms with E-state index < -0.39 is 6.09 Å². The molecule has 0 saturated carbocycles. The number of nitrogens with one attached hydrogen (secondary N) is 1. The summed E-state index contributed by atoms with van der Waals surface area (Å²) in [5, 5.41) is 2.70. The van der Waals surface area contributed by atoms with Crippen LogP contribution in [0.15, 0.2) is 66.7 Å². The molecule has 0 fully saturated rings. The van der Waals surface area contributed by atoms with E-state index in [0.29, 0.717) is 44.3 Å². The summed E-state index contributed by atoms with van der Waals surface area (Å²) in [5.41, 5.74) is 3.87. The number of rotatable bonds is 7. The van der Waals surface area contributed by atoms with Gasteiger partial charge in [-0.05, 0) is 36.2 Å². The predicted molar refractivity (Wildman–Crippen MR) is 118 cm³/mol. The molecule has 3 aromatic rings. The van der Waals surface area contributed by atoms with Crippen molar-refractivity contribution < 1.29 is 23.7 Å². The van der Waals surface area contributed by atoms with E-state index in [1.54, 1.807) is 6.92 Å². The van der Waals surface area contributed by atoms with Crippen LogP contribution in [0.4, 0.5) is 10.5 Å². The number of carbonyl (C=O) groups is 1. The molecule has 0 atom stereocenters. The first-order valence-corrected chi connectivity index (χ1v) is 10.3. The lowest BCUT2D eigenvalue weighted by atomic mass is 10.0. The summed E-state index contributed by atoms with van der Waals surface area (Å²) in [4.78, 5) is 11.6. The van der Waals surface area contributed by atoms with Gasteiger partial charge in [-0.1, -0.05) is 42.5 Å². The molecule has 0 aliphatic carbocycles. The van der Waals surface area contributed by atoms with Crippen molar-refractivity contribution >= 4 is 11.8 Å². The third kappa shape index (κ3) is 5.48. The largest absolute Gasteiger partial charge is 0.488 e. The summed E-state index contributed by atoms with van der Waals surface area (Å²) in [7, 11) is 0. The van der Waals surface area contributed by atoms with Gasteiger partial charge in [-0.2, -0.15) is 0 Å². The van der Waals surface area contributed by atoms with Crippen LogP contribution in [0.2, 0.25) is 0 Å². The van der Waals surface area contributed by atoms with E-state index in [9.17, 15) is 4.79 Å². The van der Waals surface area contributed by atoms with Crippen LogP contribution in [0.25, 0.3) is 0 Å². The number of hydrogen-bond acceptors (Lipinski definition) is 5. The van der Waals surface area contributed by atoms with E-state index >= 15 is 0 Å².